The van der Waals surface area contributed by atoms with Gasteiger partial charge < -0.3 is 10.4 Å². The van der Waals surface area contributed by atoms with Gasteiger partial charge in [0.15, 0.2) is 0 Å². The van der Waals surface area contributed by atoms with Crippen molar-refractivity contribution in [1.29, 1.82) is 0 Å². The average Bonchev–Trinajstić information content (AvgIpc) is 2.86. The molecule has 2 heteroatoms. The number of benzene rings is 1. The van der Waals surface area contributed by atoms with Gasteiger partial charge in [0.1, 0.15) is 5.75 Å². The third kappa shape index (κ3) is 4.54. The molecule has 0 radical (unpaired) electrons. The monoisotopic (exact) mass is 261 g/mol. The Hall–Kier alpha value is -1.02. The molecule has 3 atom stereocenters. The number of hydrogen-bond donors (Lipinski definition) is 2. The van der Waals surface area contributed by atoms with E-state index < -0.39 is 0 Å². The van der Waals surface area contributed by atoms with Crippen LogP contribution in [-0.2, 0) is 6.42 Å². The summed E-state index contributed by atoms with van der Waals surface area (Å²) in [6.45, 7) is 4.60. The minimum Gasteiger partial charge on any atom is -0.508 e. The third-order valence-electron chi connectivity index (χ3n) is 4.44. The number of aryl methyl sites for hydroxylation is 1. The predicted molar refractivity (Wildman–Crippen MR) is 80.4 cm³/mol. The zero-order valence-corrected chi connectivity index (χ0v) is 12.2. The van der Waals surface area contributed by atoms with E-state index in [1.807, 2.05) is 12.1 Å². The van der Waals surface area contributed by atoms with Crippen molar-refractivity contribution in [3.8, 4) is 5.75 Å². The Bertz CT molecular complexity index is 373. The van der Waals surface area contributed by atoms with E-state index in [9.17, 15) is 5.11 Å². The molecule has 1 aliphatic carbocycles. The second kappa shape index (κ2) is 6.95. The largest absolute Gasteiger partial charge is 0.508 e. The molecule has 1 fully saturated rings. The number of phenolic OH excluding ortho intramolecular Hbond substituents is 1. The van der Waals surface area contributed by atoms with E-state index in [1.54, 1.807) is 12.1 Å². The lowest BCUT2D eigenvalue weighted by Crippen LogP contribution is -2.35. The van der Waals surface area contributed by atoms with Crippen LogP contribution in [0.1, 0.15) is 51.5 Å². The van der Waals surface area contributed by atoms with E-state index in [2.05, 4.69) is 19.2 Å². The van der Waals surface area contributed by atoms with Gasteiger partial charge in [-0.25, -0.2) is 0 Å². The molecule has 0 bridgehead atoms. The van der Waals surface area contributed by atoms with Crippen LogP contribution in [0.5, 0.6) is 5.75 Å². The number of rotatable bonds is 6. The van der Waals surface area contributed by atoms with Crippen molar-refractivity contribution in [1.82, 2.24) is 5.32 Å². The van der Waals surface area contributed by atoms with E-state index in [1.165, 1.54) is 31.2 Å². The molecule has 0 spiro atoms. The summed E-state index contributed by atoms with van der Waals surface area (Å²) < 4.78 is 0. The lowest BCUT2D eigenvalue weighted by Gasteiger charge is -2.19. The van der Waals surface area contributed by atoms with Crippen LogP contribution in [0.3, 0.4) is 0 Å². The van der Waals surface area contributed by atoms with Crippen LogP contribution in [0.15, 0.2) is 24.3 Å². The first kappa shape index (κ1) is 14.4. The fourth-order valence-electron chi connectivity index (χ4n) is 3.13. The maximum absolute atomic E-state index is 9.26. The molecular weight excluding hydrogens is 234 g/mol. The molecule has 2 rings (SSSR count). The van der Waals surface area contributed by atoms with Crippen molar-refractivity contribution in [3.05, 3.63) is 29.8 Å². The van der Waals surface area contributed by atoms with Gasteiger partial charge in [-0.3, -0.25) is 0 Å². The second-order valence-electron chi connectivity index (χ2n) is 6.06. The first-order valence-electron chi connectivity index (χ1n) is 7.71. The summed E-state index contributed by atoms with van der Waals surface area (Å²) in [5, 5.41) is 13.0. The zero-order valence-electron chi connectivity index (χ0n) is 12.2. The number of nitrogens with one attached hydrogen (secondary N) is 1. The van der Waals surface area contributed by atoms with E-state index in [-0.39, 0.29) is 0 Å². The highest BCUT2D eigenvalue weighted by atomic mass is 16.3. The van der Waals surface area contributed by atoms with Gasteiger partial charge in [0.25, 0.3) is 0 Å². The number of phenols is 1. The van der Waals surface area contributed by atoms with Crippen molar-refractivity contribution < 1.29 is 5.11 Å². The van der Waals surface area contributed by atoms with Gasteiger partial charge in [0.2, 0.25) is 0 Å². The Balaban J connectivity index is 1.70. The molecule has 0 aromatic heterocycles. The zero-order chi connectivity index (χ0) is 13.7. The Morgan fingerprint density at radius 2 is 2.00 bits per heavy atom. The maximum atomic E-state index is 9.26. The Morgan fingerprint density at radius 3 is 2.63 bits per heavy atom. The highest BCUT2D eigenvalue weighted by Crippen LogP contribution is 2.28. The van der Waals surface area contributed by atoms with Crippen LogP contribution in [0.25, 0.3) is 0 Å². The van der Waals surface area contributed by atoms with Gasteiger partial charge >= 0.3 is 0 Å². The van der Waals surface area contributed by atoms with Crippen molar-refractivity contribution in [2.24, 2.45) is 5.92 Å². The number of hydrogen-bond acceptors (Lipinski definition) is 2. The van der Waals surface area contributed by atoms with E-state index in [4.69, 9.17) is 0 Å². The Labute approximate surface area is 117 Å². The normalized spacial score (nSPS) is 24.5. The fourth-order valence-corrected chi connectivity index (χ4v) is 3.13. The molecule has 19 heavy (non-hydrogen) atoms. The summed E-state index contributed by atoms with van der Waals surface area (Å²) >= 11 is 0. The lowest BCUT2D eigenvalue weighted by atomic mass is 10.0. The highest BCUT2D eigenvalue weighted by Gasteiger charge is 2.23. The molecule has 1 aliphatic rings. The van der Waals surface area contributed by atoms with Crippen molar-refractivity contribution in [2.45, 2.75) is 64.5 Å². The summed E-state index contributed by atoms with van der Waals surface area (Å²) in [4.78, 5) is 0. The van der Waals surface area contributed by atoms with Gasteiger partial charge in [0.05, 0.1) is 0 Å². The van der Waals surface area contributed by atoms with Crippen molar-refractivity contribution >= 4 is 0 Å². The summed E-state index contributed by atoms with van der Waals surface area (Å²) in [5.41, 5.74) is 1.31. The van der Waals surface area contributed by atoms with Gasteiger partial charge in [-0.2, -0.15) is 0 Å². The van der Waals surface area contributed by atoms with Crippen LogP contribution in [-0.4, -0.2) is 17.2 Å². The van der Waals surface area contributed by atoms with Gasteiger partial charge in [-0.15, -0.1) is 0 Å². The minimum absolute atomic E-state index is 0.353. The highest BCUT2D eigenvalue weighted by molar-refractivity contribution is 5.25. The van der Waals surface area contributed by atoms with Crippen LogP contribution in [0.4, 0.5) is 0 Å². The topological polar surface area (TPSA) is 32.3 Å². The maximum Gasteiger partial charge on any atom is 0.115 e. The van der Waals surface area contributed by atoms with Crippen molar-refractivity contribution in [3.63, 3.8) is 0 Å². The van der Waals surface area contributed by atoms with Gasteiger partial charge in [-0.1, -0.05) is 25.5 Å². The van der Waals surface area contributed by atoms with Crippen LogP contribution in [0.2, 0.25) is 0 Å². The third-order valence-corrected chi connectivity index (χ3v) is 4.44. The summed E-state index contributed by atoms with van der Waals surface area (Å²) in [6.07, 6.45) is 7.69. The average molecular weight is 261 g/mol. The summed E-state index contributed by atoms with van der Waals surface area (Å²) in [7, 11) is 0. The molecule has 1 aromatic carbocycles. The molecule has 3 unspecified atom stereocenters. The summed E-state index contributed by atoms with van der Waals surface area (Å²) in [5.74, 6) is 1.30. The van der Waals surface area contributed by atoms with Gasteiger partial charge in [-0.05, 0) is 62.6 Å². The van der Waals surface area contributed by atoms with Crippen LogP contribution >= 0.6 is 0 Å². The molecule has 1 aromatic rings. The molecule has 0 heterocycles. The molecular formula is C17H27NO. The van der Waals surface area contributed by atoms with Crippen LogP contribution in [0, 0.1) is 5.92 Å². The Morgan fingerprint density at radius 1 is 1.26 bits per heavy atom. The molecule has 0 saturated heterocycles. The quantitative estimate of drug-likeness (QED) is 0.814. The Kier molecular flexibility index (Phi) is 5.26. The van der Waals surface area contributed by atoms with Gasteiger partial charge in [0, 0.05) is 12.1 Å². The smallest absolute Gasteiger partial charge is 0.115 e. The first-order valence-corrected chi connectivity index (χ1v) is 7.71. The SMILES string of the molecule is CCC1CCC(NC(C)CCc2ccc(O)cc2)C1. The lowest BCUT2D eigenvalue weighted by molar-refractivity contribution is 0.415. The number of aromatic hydroxyl groups is 1. The predicted octanol–water partition coefficient (Wildman–Crippen LogP) is 3.88. The molecule has 2 N–H and O–H groups in total. The molecule has 0 aliphatic heterocycles. The van der Waals surface area contributed by atoms with E-state index >= 15 is 0 Å². The first-order chi connectivity index (χ1) is 9.17. The molecule has 106 valence electrons. The van der Waals surface area contributed by atoms with E-state index in [0.29, 0.717) is 11.8 Å². The molecule has 2 nitrogen and oxygen atoms in total. The van der Waals surface area contributed by atoms with E-state index in [0.717, 1.165) is 24.8 Å². The molecule has 0 amide bonds. The van der Waals surface area contributed by atoms with Crippen LogP contribution < -0.4 is 5.32 Å². The van der Waals surface area contributed by atoms with Crippen molar-refractivity contribution in [2.75, 3.05) is 0 Å². The summed E-state index contributed by atoms with van der Waals surface area (Å²) in [6, 6.07) is 8.90. The molecule has 1 saturated carbocycles. The fraction of sp³-hybridized carbons (Fsp3) is 0.647. The standard InChI is InChI=1S/C17H27NO/c1-3-14-6-9-16(12-14)18-13(2)4-5-15-7-10-17(19)11-8-15/h7-8,10-11,13-14,16,18-19H,3-6,9,12H2,1-2H3. The second-order valence-corrected chi connectivity index (χ2v) is 6.06. The minimum atomic E-state index is 0.353.